The van der Waals surface area contributed by atoms with Crippen molar-refractivity contribution >= 4 is 48.3 Å². The molecule has 0 aliphatic heterocycles. The number of H-pyrrole nitrogens is 1. The molecule has 1 unspecified atom stereocenters. The van der Waals surface area contributed by atoms with E-state index in [-0.39, 0.29) is 5.75 Å². The van der Waals surface area contributed by atoms with Gasteiger partial charge in [0.05, 0.1) is 22.7 Å². The summed E-state index contributed by atoms with van der Waals surface area (Å²) in [6.45, 7) is 0. The summed E-state index contributed by atoms with van der Waals surface area (Å²) in [5.41, 5.74) is 1.71. The predicted molar refractivity (Wildman–Crippen MR) is 93.4 cm³/mol. The highest BCUT2D eigenvalue weighted by Gasteiger charge is 2.24. The van der Waals surface area contributed by atoms with Gasteiger partial charge < -0.3 is 14.5 Å². The molecule has 0 spiro atoms. The van der Waals surface area contributed by atoms with Crippen LogP contribution in [0.5, 0.6) is 0 Å². The van der Waals surface area contributed by atoms with Gasteiger partial charge in [-0.25, -0.2) is 8.42 Å². The number of rotatable bonds is 4. The fraction of sp³-hybridized carbons (Fsp3) is 0.200. The van der Waals surface area contributed by atoms with E-state index < -0.39 is 15.9 Å². The third-order valence-corrected chi connectivity index (χ3v) is 5.55. The molecule has 8 heteroatoms. The van der Waals surface area contributed by atoms with Crippen LogP contribution >= 0.6 is 27.5 Å². The lowest BCUT2D eigenvalue weighted by Crippen LogP contribution is -2.13. The van der Waals surface area contributed by atoms with Crippen LogP contribution in [0.3, 0.4) is 0 Å². The molecule has 0 amide bonds. The Hall–Kier alpha value is -1.28. The topological polar surface area (TPSA) is 83.3 Å². The van der Waals surface area contributed by atoms with Gasteiger partial charge in [0.1, 0.15) is 21.7 Å². The summed E-state index contributed by atoms with van der Waals surface area (Å²) in [7, 11) is -3.35. The Bertz CT molecular complexity index is 963. The van der Waals surface area contributed by atoms with Crippen LogP contribution in [0.1, 0.15) is 11.8 Å². The minimum Gasteiger partial charge on any atom is -0.464 e. The Labute approximate surface area is 146 Å². The molecule has 23 heavy (non-hydrogen) atoms. The number of benzene rings is 1. The Morgan fingerprint density at radius 2 is 2.17 bits per heavy atom. The number of nitrogens with one attached hydrogen (secondary N) is 1. The van der Waals surface area contributed by atoms with Crippen molar-refractivity contribution in [2.45, 2.75) is 6.10 Å². The van der Waals surface area contributed by atoms with Crippen molar-refractivity contribution in [2.24, 2.45) is 0 Å². The molecule has 0 saturated heterocycles. The summed E-state index contributed by atoms with van der Waals surface area (Å²) in [6, 6.07) is 6.99. The molecule has 0 saturated carbocycles. The molecule has 5 nitrogen and oxygen atoms in total. The molecule has 0 radical (unpaired) electrons. The first-order valence-corrected chi connectivity index (χ1v) is 9.89. The van der Waals surface area contributed by atoms with Gasteiger partial charge in [0, 0.05) is 27.2 Å². The summed E-state index contributed by atoms with van der Waals surface area (Å²) in [5.74, 6) is 0.139. The minimum atomic E-state index is -3.35. The van der Waals surface area contributed by atoms with Crippen molar-refractivity contribution in [3.63, 3.8) is 0 Å². The Morgan fingerprint density at radius 1 is 1.43 bits per heavy atom. The summed E-state index contributed by atoms with van der Waals surface area (Å²) in [6.07, 6.45) is 1.40. The number of furan rings is 1. The molecule has 3 aromatic rings. The van der Waals surface area contributed by atoms with Crippen molar-refractivity contribution < 1.29 is 17.9 Å². The second kappa shape index (κ2) is 5.98. The highest BCUT2D eigenvalue weighted by Crippen LogP contribution is 2.39. The molecule has 0 aliphatic carbocycles. The number of hydrogen-bond donors (Lipinski definition) is 2. The number of halogens is 2. The van der Waals surface area contributed by atoms with E-state index in [1.807, 2.05) is 0 Å². The Balaban J connectivity index is 2.26. The molecule has 2 heterocycles. The van der Waals surface area contributed by atoms with Crippen LogP contribution in [-0.4, -0.2) is 30.5 Å². The molecule has 122 valence electrons. The van der Waals surface area contributed by atoms with E-state index in [0.29, 0.717) is 26.5 Å². The first-order chi connectivity index (χ1) is 10.8. The molecular formula is C15H13BrClNO4S. The molecule has 3 rings (SSSR count). The second-order valence-electron chi connectivity index (χ2n) is 5.31. The van der Waals surface area contributed by atoms with Crippen molar-refractivity contribution in [1.82, 2.24) is 4.98 Å². The average molecular weight is 419 g/mol. The molecule has 0 bridgehead atoms. The number of aromatic nitrogens is 1. The summed E-state index contributed by atoms with van der Waals surface area (Å²) in [4.78, 5) is 3.08. The maximum Gasteiger partial charge on any atom is 0.150 e. The highest BCUT2D eigenvalue weighted by atomic mass is 79.9. The monoisotopic (exact) mass is 417 g/mol. The van der Waals surface area contributed by atoms with Gasteiger partial charge in [-0.3, -0.25) is 0 Å². The molecule has 2 aromatic heterocycles. The van der Waals surface area contributed by atoms with Crippen molar-refractivity contribution in [3.8, 4) is 11.3 Å². The summed E-state index contributed by atoms with van der Waals surface area (Å²) >= 11 is 9.52. The van der Waals surface area contributed by atoms with Gasteiger partial charge >= 0.3 is 0 Å². The van der Waals surface area contributed by atoms with Gasteiger partial charge in [0.2, 0.25) is 0 Å². The maximum absolute atomic E-state index is 11.5. The zero-order valence-electron chi connectivity index (χ0n) is 12.0. The number of aliphatic hydroxyl groups is 1. The number of aromatic amines is 1. The molecule has 1 atom stereocenters. The Morgan fingerprint density at radius 3 is 2.78 bits per heavy atom. The van der Waals surface area contributed by atoms with Crippen LogP contribution in [-0.2, 0) is 9.84 Å². The standard InChI is InChI=1S/C15H13BrClNO4S/c1-23(20,21)7-12(19)15-14(13-3-2-4-22-13)8-5-10(17)9(16)6-11(8)18-15/h2-6,12,18-19H,7H2,1H3. The third-order valence-electron chi connectivity index (χ3n) is 3.43. The lowest BCUT2D eigenvalue weighted by molar-refractivity contribution is 0.198. The molecule has 0 fully saturated rings. The van der Waals surface area contributed by atoms with E-state index in [2.05, 4.69) is 20.9 Å². The second-order valence-corrected chi connectivity index (χ2v) is 8.76. The zero-order chi connectivity index (χ0) is 16.8. The minimum absolute atomic E-state index is 0.384. The third kappa shape index (κ3) is 3.33. The van der Waals surface area contributed by atoms with E-state index in [1.54, 1.807) is 24.3 Å². The molecular weight excluding hydrogens is 406 g/mol. The van der Waals surface area contributed by atoms with E-state index in [1.165, 1.54) is 6.26 Å². The van der Waals surface area contributed by atoms with Crippen LogP contribution in [0.4, 0.5) is 0 Å². The number of fused-ring (bicyclic) bond motifs is 1. The average Bonchev–Trinajstić information content (AvgIpc) is 3.04. The summed E-state index contributed by atoms with van der Waals surface area (Å²) < 4.78 is 29.2. The van der Waals surface area contributed by atoms with E-state index in [4.69, 9.17) is 16.0 Å². The van der Waals surface area contributed by atoms with E-state index >= 15 is 0 Å². The largest absolute Gasteiger partial charge is 0.464 e. The zero-order valence-corrected chi connectivity index (χ0v) is 15.2. The quantitative estimate of drug-likeness (QED) is 0.672. The first kappa shape index (κ1) is 16.6. The maximum atomic E-state index is 11.5. The fourth-order valence-electron chi connectivity index (χ4n) is 2.52. The number of hydrogen-bond acceptors (Lipinski definition) is 4. The molecule has 0 aliphatic rings. The van der Waals surface area contributed by atoms with Crippen LogP contribution in [0, 0.1) is 0 Å². The molecule has 2 N–H and O–H groups in total. The van der Waals surface area contributed by atoms with E-state index in [0.717, 1.165) is 17.2 Å². The van der Waals surface area contributed by atoms with Gasteiger partial charge in [-0.15, -0.1) is 0 Å². The number of sulfone groups is 1. The lowest BCUT2D eigenvalue weighted by atomic mass is 10.1. The summed E-state index contributed by atoms with van der Waals surface area (Å²) in [5, 5.41) is 11.6. The van der Waals surface area contributed by atoms with Gasteiger partial charge in [-0.2, -0.15) is 0 Å². The van der Waals surface area contributed by atoms with Gasteiger partial charge in [0.25, 0.3) is 0 Å². The highest BCUT2D eigenvalue weighted by molar-refractivity contribution is 9.10. The fourth-order valence-corrected chi connectivity index (χ4v) is 3.76. The normalized spacial score (nSPS) is 13.6. The lowest BCUT2D eigenvalue weighted by Gasteiger charge is -2.10. The van der Waals surface area contributed by atoms with Gasteiger partial charge in [-0.1, -0.05) is 11.6 Å². The number of aliphatic hydroxyl groups excluding tert-OH is 1. The van der Waals surface area contributed by atoms with Crippen molar-refractivity contribution in [3.05, 3.63) is 45.7 Å². The molecule has 1 aromatic carbocycles. The van der Waals surface area contributed by atoms with Crippen LogP contribution in [0.2, 0.25) is 5.02 Å². The van der Waals surface area contributed by atoms with Crippen molar-refractivity contribution in [2.75, 3.05) is 12.0 Å². The van der Waals surface area contributed by atoms with Crippen LogP contribution in [0.25, 0.3) is 22.2 Å². The first-order valence-electron chi connectivity index (χ1n) is 6.66. The predicted octanol–water partition coefficient (Wildman–Crippen LogP) is 3.92. The van der Waals surface area contributed by atoms with Crippen molar-refractivity contribution in [1.29, 1.82) is 0 Å². The van der Waals surface area contributed by atoms with Crippen LogP contribution < -0.4 is 0 Å². The SMILES string of the molecule is CS(=O)(=O)CC(O)c1[nH]c2cc(Br)c(Cl)cc2c1-c1ccco1. The Kier molecular flexibility index (Phi) is 4.31. The van der Waals surface area contributed by atoms with E-state index in [9.17, 15) is 13.5 Å². The van der Waals surface area contributed by atoms with Gasteiger partial charge in [-0.05, 0) is 40.2 Å². The van der Waals surface area contributed by atoms with Crippen LogP contribution in [0.15, 0.2) is 39.4 Å². The van der Waals surface area contributed by atoms with Gasteiger partial charge in [0.15, 0.2) is 0 Å². The smallest absolute Gasteiger partial charge is 0.150 e.